The van der Waals surface area contributed by atoms with Crippen molar-refractivity contribution >= 4 is 0 Å². The van der Waals surface area contributed by atoms with E-state index >= 15 is 0 Å². The molecule has 1 aromatic rings. The zero-order chi connectivity index (χ0) is 27.5. The van der Waals surface area contributed by atoms with E-state index in [2.05, 4.69) is 101 Å². The molecule has 3 heteroatoms. The molecule has 0 radical (unpaired) electrons. The Labute approximate surface area is 230 Å². The number of rotatable bonds is 17. The highest BCUT2D eigenvalue weighted by molar-refractivity contribution is 5.21. The van der Waals surface area contributed by atoms with Gasteiger partial charge in [0.25, 0.3) is 0 Å². The largest absolute Gasteiger partial charge is 0.375 e. The van der Waals surface area contributed by atoms with Crippen LogP contribution in [0.1, 0.15) is 97.6 Å². The van der Waals surface area contributed by atoms with Crippen molar-refractivity contribution < 1.29 is 0 Å². The van der Waals surface area contributed by atoms with Gasteiger partial charge in [-0.25, -0.2) is 0 Å². The Bertz CT molecular complexity index is 813. The van der Waals surface area contributed by atoms with Crippen LogP contribution in [0.5, 0.6) is 0 Å². The lowest BCUT2D eigenvalue weighted by molar-refractivity contribution is 0.130. The zero-order valence-corrected chi connectivity index (χ0v) is 25.7. The van der Waals surface area contributed by atoms with Gasteiger partial charge in [0, 0.05) is 43.1 Å². The van der Waals surface area contributed by atoms with Crippen molar-refractivity contribution in [3.8, 4) is 0 Å². The van der Waals surface area contributed by atoms with E-state index in [-0.39, 0.29) is 0 Å². The fraction of sp³-hybridized carbons (Fsp3) is 0.706. The second kappa shape index (κ2) is 15.6. The minimum atomic E-state index is 0.502. The molecule has 1 heterocycles. The summed E-state index contributed by atoms with van der Waals surface area (Å²) < 4.78 is 0. The van der Waals surface area contributed by atoms with E-state index in [1.54, 1.807) is 0 Å². The van der Waals surface area contributed by atoms with E-state index in [1.165, 1.54) is 54.6 Å². The number of benzene rings is 1. The van der Waals surface area contributed by atoms with Crippen molar-refractivity contribution in [2.75, 3.05) is 20.1 Å². The van der Waals surface area contributed by atoms with E-state index in [9.17, 15) is 0 Å². The number of aryl methyl sites for hydroxylation is 1. The molecule has 6 atom stereocenters. The van der Waals surface area contributed by atoms with Gasteiger partial charge < -0.3 is 15.1 Å². The second-order valence-electron chi connectivity index (χ2n) is 11.8. The van der Waals surface area contributed by atoms with Crippen LogP contribution >= 0.6 is 0 Å². The lowest BCUT2D eigenvalue weighted by Gasteiger charge is -2.43. The number of hydrogen-bond donors (Lipinski definition) is 1. The number of allylic oxidation sites excluding steroid dienone is 2. The van der Waals surface area contributed by atoms with Crippen LogP contribution in [0.2, 0.25) is 0 Å². The summed E-state index contributed by atoms with van der Waals surface area (Å²) in [6, 6.07) is 10.6. The third kappa shape index (κ3) is 8.63. The molecule has 0 spiro atoms. The van der Waals surface area contributed by atoms with Crippen molar-refractivity contribution in [1.82, 2.24) is 15.1 Å². The van der Waals surface area contributed by atoms with Crippen LogP contribution in [0, 0.1) is 24.7 Å². The van der Waals surface area contributed by atoms with Gasteiger partial charge in [-0.2, -0.15) is 0 Å². The van der Waals surface area contributed by atoms with Gasteiger partial charge in [0.1, 0.15) is 0 Å². The first-order valence-electron chi connectivity index (χ1n) is 15.3. The first kappa shape index (κ1) is 31.5. The maximum absolute atomic E-state index is 4.72. The molecule has 0 amide bonds. The maximum atomic E-state index is 4.72. The Balaban J connectivity index is 2.05. The predicted octanol–water partition coefficient (Wildman–Crippen LogP) is 8.21. The van der Waals surface area contributed by atoms with Crippen molar-refractivity contribution in [3.63, 3.8) is 0 Å². The summed E-state index contributed by atoms with van der Waals surface area (Å²) in [6.07, 6.45) is 9.37. The molecule has 1 N–H and O–H groups in total. The highest BCUT2D eigenvalue weighted by Gasteiger charge is 2.36. The lowest BCUT2D eigenvalue weighted by Crippen LogP contribution is -2.46. The molecule has 1 aromatic carbocycles. The summed E-state index contributed by atoms with van der Waals surface area (Å²) in [5, 5.41) is 3.89. The second-order valence-corrected chi connectivity index (χ2v) is 11.8. The number of nitrogens with one attached hydrogen (secondary N) is 1. The highest BCUT2D eigenvalue weighted by atomic mass is 15.2. The molecule has 2 rings (SSSR count). The number of nitrogens with zero attached hydrogens (tertiary/aromatic N) is 2. The quantitative estimate of drug-likeness (QED) is 0.228. The molecule has 4 unspecified atom stereocenters. The Morgan fingerprint density at radius 1 is 1.05 bits per heavy atom. The molecule has 1 aliphatic rings. The van der Waals surface area contributed by atoms with Crippen molar-refractivity contribution in [2.24, 2.45) is 17.8 Å². The van der Waals surface area contributed by atoms with Crippen molar-refractivity contribution in [1.29, 1.82) is 0 Å². The van der Waals surface area contributed by atoms with E-state index in [0.717, 1.165) is 32.4 Å². The SMILES string of the molecule is C=C(CC)N(C)C(C(C)CC)[C@H](CC)CC(=C)N1CCC[C@H]1C(CC)C(C)NCCc1ccc(C)cc1. The van der Waals surface area contributed by atoms with Crippen LogP contribution < -0.4 is 5.32 Å². The summed E-state index contributed by atoms with van der Waals surface area (Å²) in [4.78, 5) is 5.20. The summed E-state index contributed by atoms with van der Waals surface area (Å²) in [7, 11) is 2.27. The number of hydrogen-bond acceptors (Lipinski definition) is 3. The van der Waals surface area contributed by atoms with E-state index < -0.39 is 0 Å². The Morgan fingerprint density at radius 2 is 1.73 bits per heavy atom. The Hall–Kier alpha value is -1.74. The summed E-state index contributed by atoms with van der Waals surface area (Å²) >= 11 is 0. The molecular weight excluding hydrogens is 450 g/mol. The molecule has 0 bridgehead atoms. The normalized spacial score (nSPS) is 19.8. The summed E-state index contributed by atoms with van der Waals surface area (Å²) in [6.45, 7) is 27.6. The first-order valence-corrected chi connectivity index (χ1v) is 15.3. The Morgan fingerprint density at radius 3 is 2.30 bits per heavy atom. The van der Waals surface area contributed by atoms with Gasteiger partial charge in [-0.05, 0) is 82.2 Å². The monoisotopic (exact) mass is 509 g/mol. The van der Waals surface area contributed by atoms with Crippen LogP contribution in [-0.4, -0.2) is 48.1 Å². The Kier molecular flexibility index (Phi) is 13.3. The molecule has 0 aliphatic carbocycles. The zero-order valence-electron chi connectivity index (χ0n) is 25.7. The topological polar surface area (TPSA) is 18.5 Å². The third-order valence-corrected chi connectivity index (χ3v) is 9.40. The molecule has 3 nitrogen and oxygen atoms in total. The number of likely N-dealkylation sites (tertiary alicyclic amines) is 1. The minimum Gasteiger partial charge on any atom is -0.375 e. The van der Waals surface area contributed by atoms with Crippen LogP contribution in [0.25, 0.3) is 0 Å². The molecule has 0 aromatic heterocycles. The van der Waals surface area contributed by atoms with Crippen LogP contribution in [0.15, 0.2) is 48.8 Å². The fourth-order valence-electron chi connectivity index (χ4n) is 6.73. The van der Waals surface area contributed by atoms with Crippen molar-refractivity contribution in [3.05, 3.63) is 59.9 Å². The fourth-order valence-corrected chi connectivity index (χ4v) is 6.73. The smallest absolute Gasteiger partial charge is 0.0340 e. The average molecular weight is 510 g/mol. The van der Waals surface area contributed by atoms with Gasteiger partial charge >= 0.3 is 0 Å². The summed E-state index contributed by atoms with van der Waals surface area (Å²) in [5.74, 6) is 1.88. The minimum absolute atomic E-state index is 0.502. The maximum Gasteiger partial charge on any atom is 0.0340 e. The van der Waals surface area contributed by atoms with Gasteiger partial charge in [0.2, 0.25) is 0 Å². The van der Waals surface area contributed by atoms with Gasteiger partial charge in [0.05, 0.1) is 0 Å². The molecule has 1 aliphatic heterocycles. The molecule has 1 fully saturated rings. The first-order chi connectivity index (χ1) is 17.7. The highest BCUT2D eigenvalue weighted by Crippen LogP contribution is 2.36. The average Bonchev–Trinajstić information content (AvgIpc) is 3.38. The van der Waals surface area contributed by atoms with Crippen molar-refractivity contribution in [2.45, 2.75) is 118 Å². The summed E-state index contributed by atoms with van der Waals surface area (Å²) in [5.41, 5.74) is 5.38. The van der Waals surface area contributed by atoms with E-state index in [0.29, 0.717) is 35.9 Å². The van der Waals surface area contributed by atoms with Crippen LogP contribution in [0.4, 0.5) is 0 Å². The molecule has 1 saturated heterocycles. The van der Waals surface area contributed by atoms with Crippen LogP contribution in [0.3, 0.4) is 0 Å². The van der Waals surface area contributed by atoms with Gasteiger partial charge in [-0.3, -0.25) is 0 Å². The standard InChI is InChI=1S/C34H59N3/c1-11-26(6)34(36(10)27(7)12-2)31(13-3)24-28(8)37-23-15-16-33(37)32(14-4)29(9)35-22-21-30-19-17-25(5)18-20-30/h17-20,26,29,31-35H,7-8,11-16,21-24H2,1-6,9-10H3/t26?,29?,31-,32?,33+,34?/m1/s1. The van der Waals surface area contributed by atoms with Gasteiger partial charge in [-0.15, -0.1) is 0 Å². The van der Waals surface area contributed by atoms with Gasteiger partial charge in [-0.1, -0.05) is 90.4 Å². The third-order valence-electron chi connectivity index (χ3n) is 9.40. The molecule has 0 saturated carbocycles. The van der Waals surface area contributed by atoms with E-state index in [1.807, 2.05) is 0 Å². The molecular formula is C34H59N3. The van der Waals surface area contributed by atoms with Crippen LogP contribution in [-0.2, 0) is 6.42 Å². The van der Waals surface area contributed by atoms with E-state index in [4.69, 9.17) is 6.58 Å². The predicted molar refractivity (Wildman–Crippen MR) is 164 cm³/mol. The van der Waals surface area contributed by atoms with Gasteiger partial charge in [0.15, 0.2) is 0 Å². The molecule has 37 heavy (non-hydrogen) atoms. The molecule has 210 valence electrons. The lowest BCUT2D eigenvalue weighted by atomic mass is 9.81.